The standard InChI is InChI=1S/C18H22F3N5O/c19-18(20,21)15-3-1-2-14(10-15)12-23-17-11-16(24-13-25-17)22-4-5-26-6-8-27-9-7-26/h1-3,10-11,13H,4-9,12H2,(H2,22,23,24,25). The van der Waals surface area contributed by atoms with Crippen LogP contribution in [0.25, 0.3) is 0 Å². The molecule has 0 unspecified atom stereocenters. The number of ether oxygens (including phenoxy) is 1. The highest BCUT2D eigenvalue weighted by Crippen LogP contribution is 2.29. The fourth-order valence-electron chi connectivity index (χ4n) is 2.77. The van der Waals surface area contributed by atoms with E-state index >= 15 is 0 Å². The number of benzene rings is 1. The third kappa shape index (κ3) is 6.07. The first kappa shape index (κ1) is 19.4. The van der Waals surface area contributed by atoms with Crippen molar-refractivity contribution in [1.29, 1.82) is 0 Å². The molecule has 0 amide bonds. The highest BCUT2D eigenvalue weighted by Gasteiger charge is 2.30. The van der Waals surface area contributed by atoms with E-state index < -0.39 is 11.7 Å². The van der Waals surface area contributed by atoms with Gasteiger partial charge in [-0.1, -0.05) is 12.1 Å². The molecule has 27 heavy (non-hydrogen) atoms. The minimum atomic E-state index is -4.34. The van der Waals surface area contributed by atoms with E-state index in [9.17, 15) is 13.2 Å². The van der Waals surface area contributed by atoms with Crippen LogP contribution in [0.3, 0.4) is 0 Å². The Morgan fingerprint density at radius 3 is 2.52 bits per heavy atom. The zero-order valence-electron chi connectivity index (χ0n) is 14.8. The van der Waals surface area contributed by atoms with Gasteiger partial charge in [-0.2, -0.15) is 13.2 Å². The maximum Gasteiger partial charge on any atom is 0.416 e. The lowest BCUT2D eigenvalue weighted by Gasteiger charge is -2.26. The molecule has 1 aromatic carbocycles. The van der Waals surface area contributed by atoms with Crippen molar-refractivity contribution in [3.8, 4) is 0 Å². The summed E-state index contributed by atoms with van der Waals surface area (Å²) in [6.07, 6.45) is -2.92. The fourth-order valence-corrected chi connectivity index (χ4v) is 2.77. The lowest BCUT2D eigenvalue weighted by molar-refractivity contribution is -0.137. The molecule has 3 rings (SSSR count). The van der Waals surface area contributed by atoms with Crippen LogP contribution in [0.2, 0.25) is 0 Å². The average molecular weight is 381 g/mol. The van der Waals surface area contributed by atoms with Gasteiger partial charge in [-0.3, -0.25) is 4.90 Å². The van der Waals surface area contributed by atoms with E-state index in [0.29, 0.717) is 17.2 Å². The second kappa shape index (κ2) is 9.01. The number of morpholine rings is 1. The predicted octanol–water partition coefficient (Wildman–Crippen LogP) is 2.85. The number of rotatable bonds is 7. The number of nitrogens with one attached hydrogen (secondary N) is 2. The second-order valence-corrected chi connectivity index (χ2v) is 6.22. The van der Waals surface area contributed by atoms with Crippen molar-refractivity contribution < 1.29 is 17.9 Å². The quantitative estimate of drug-likeness (QED) is 0.769. The summed E-state index contributed by atoms with van der Waals surface area (Å²) >= 11 is 0. The van der Waals surface area contributed by atoms with Gasteiger partial charge in [0.25, 0.3) is 0 Å². The topological polar surface area (TPSA) is 62.3 Å². The van der Waals surface area contributed by atoms with Crippen LogP contribution in [0.1, 0.15) is 11.1 Å². The normalized spacial score (nSPS) is 15.5. The van der Waals surface area contributed by atoms with Crippen molar-refractivity contribution in [3.05, 3.63) is 47.8 Å². The molecule has 1 saturated heterocycles. The molecular weight excluding hydrogens is 359 g/mol. The van der Waals surface area contributed by atoms with E-state index in [-0.39, 0.29) is 6.54 Å². The molecule has 0 spiro atoms. The van der Waals surface area contributed by atoms with Gasteiger partial charge >= 0.3 is 6.18 Å². The Labute approximate surface area is 155 Å². The van der Waals surface area contributed by atoms with Crippen LogP contribution in [-0.4, -0.2) is 54.3 Å². The van der Waals surface area contributed by atoms with Crippen molar-refractivity contribution in [1.82, 2.24) is 14.9 Å². The van der Waals surface area contributed by atoms with Crippen molar-refractivity contribution >= 4 is 11.6 Å². The Bertz CT molecular complexity index is 735. The predicted molar refractivity (Wildman–Crippen MR) is 96.6 cm³/mol. The highest BCUT2D eigenvalue weighted by atomic mass is 19.4. The van der Waals surface area contributed by atoms with Crippen LogP contribution in [0.5, 0.6) is 0 Å². The third-order valence-electron chi connectivity index (χ3n) is 4.23. The first-order valence-electron chi connectivity index (χ1n) is 8.77. The number of alkyl halides is 3. The monoisotopic (exact) mass is 381 g/mol. The van der Waals surface area contributed by atoms with E-state index in [0.717, 1.165) is 51.5 Å². The fraction of sp³-hybridized carbons (Fsp3) is 0.444. The molecule has 0 radical (unpaired) electrons. The first-order chi connectivity index (χ1) is 13.0. The second-order valence-electron chi connectivity index (χ2n) is 6.22. The summed E-state index contributed by atoms with van der Waals surface area (Å²) in [7, 11) is 0. The van der Waals surface area contributed by atoms with Gasteiger partial charge in [0, 0.05) is 38.8 Å². The molecule has 1 aliphatic rings. The summed E-state index contributed by atoms with van der Waals surface area (Å²) in [6, 6.07) is 6.98. The molecule has 146 valence electrons. The van der Waals surface area contributed by atoms with Crippen LogP contribution in [0.4, 0.5) is 24.8 Å². The summed E-state index contributed by atoms with van der Waals surface area (Å²) in [5.41, 5.74) is -0.125. The minimum absolute atomic E-state index is 0.244. The number of aromatic nitrogens is 2. The Kier molecular flexibility index (Phi) is 6.46. The maximum atomic E-state index is 12.8. The van der Waals surface area contributed by atoms with Crippen molar-refractivity contribution in [2.75, 3.05) is 50.0 Å². The lowest BCUT2D eigenvalue weighted by Crippen LogP contribution is -2.39. The summed E-state index contributed by atoms with van der Waals surface area (Å²) in [6.45, 7) is 5.25. The highest BCUT2D eigenvalue weighted by molar-refractivity contribution is 5.46. The van der Waals surface area contributed by atoms with Crippen LogP contribution >= 0.6 is 0 Å². The summed E-state index contributed by atoms with van der Waals surface area (Å²) in [5.74, 6) is 1.22. The summed E-state index contributed by atoms with van der Waals surface area (Å²) in [4.78, 5) is 10.6. The van der Waals surface area contributed by atoms with E-state index in [2.05, 4.69) is 25.5 Å². The van der Waals surface area contributed by atoms with Crippen molar-refractivity contribution in [3.63, 3.8) is 0 Å². The molecule has 1 aromatic heterocycles. The van der Waals surface area contributed by atoms with Crippen LogP contribution < -0.4 is 10.6 Å². The largest absolute Gasteiger partial charge is 0.416 e. The van der Waals surface area contributed by atoms with E-state index in [1.165, 1.54) is 12.4 Å². The molecule has 2 N–H and O–H groups in total. The Hall–Kier alpha value is -2.39. The SMILES string of the molecule is FC(F)(F)c1cccc(CNc2cc(NCCN3CCOCC3)ncn2)c1. The van der Waals surface area contributed by atoms with Gasteiger partial charge in [-0.25, -0.2) is 9.97 Å². The van der Waals surface area contributed by atoms with Gasteiger partial charge in [0.15, 0.2) is 0 Å². The molecule has 1 fully saturated rings. The summed E-state index contributed by atoms with van der Waals surface area (Å²) in [5, 5.41) is 6.27. The molecule has 6 nitrogen and oxygen atoms in total. The van der Waals surface area contributed by atoms with E-state index in [4.69, 9.17) is 4.74 Å². The van der Waals surface area contributed by atoms with Gasteiger partial charge in [0.05, 0.1) is 18.8 Å². The van der Waals surface area contributed by atoms with Gasteiger partial charge < -0.3 is 15.4 Å². The molecule has 2 heterocycles. The zero-order valence-corrected chi connectivity index (χ0v) is 14.8. The number of anilines is 2. The van der Waals surface area contributed by atoms with E-state index in [1.54, 1.807) is 12.1 Å². The number of nitrogens with zero attached hydrogens (tertiary/aromatic N) is 3. The van der Waals surface area contributed by atoms with Gasteiger partial charge in [-0.15, -0.1) is 0 Å². The number of hydrogen-bond acceptors (Lipinski definition) is 6. The smallest absolute Gasteiger partial charge is 0.379 e. The van der Waals surface area contributed by atoms with Crippen molar-refractivity contribution in [2.45, 2.75) is 12.7 Å². The Balaban J connectivity index is 1.50. The van der Waals surface area contributed by atoms with Gasteiger partial charge in [0.2, 0.25) is 0 Å². The molecule has 0 bridgehead atoms. The van der Waals surface area contributed by atoms with Crippen LogP contribution in [-0.2, 0) is 17.5 Å². The van der Waals surface area contributed by atoms with Crippen molar-refractivity contribution in [2.24, 2.45) is 0 Å². The maximum absolute atomic E-state index is 12.8. The molecule has 0 aliphatic carbocycles. The summed E-state index contributed by atoms with van der Waals surface area (Å²) < 4.78 is 43.6. The number of halogens is 3. The van der Waals surface area contributed by atoms with Gasteiger partial charge in [0.1, 0.15) is 18.0 Å². The molecule has 0 atom stereocenters. The molecule has 0 saturated carbocycles. The lowest BCUT2D eigenvalue weighted by atomic mass is 10.1. The Morgan fingerprint density at radius 2 is 1.78 bits per heavy atom. The van der Waals surface area contributed by atoms with E-state index in [1.807, 2.05) is 0 Å². The molecular formula is C18H22F3N5O. The minimum Gasteiger partial charge on any atom is -0.379 e. The number of hydrogen-bond donors (Lipinski definition) is 2. The molecule has 9 heteroatoms. The average Bonchev–Trinajstić information content (AvgIpc) is 2.67. The first-order valence-corrected chi connectivity index (χ1v) is 8.77. The molecule has 1 aliphatic heterocycles. The third-order valence-corrected chi connectivity index (χ3v) is 4.23. The van der Waals surface area contributed by atoms with Crippen LogP contribution in [0, 0.1) is 0 Å². The molecule has 2 aromatic rings. The van der Waals surface area contributed by atoms with Crippen LogP contribution in [0.15, 0.2) is 36.7 Å². The zero-order chi connectivity index (χ0) is 19.1. The Morgan fingerprint density at radius 1 is 1.04 bits per heavy atom. The van der Waals surface area contributed by atoms with Gasteiger partial charge in [-0.05, 0) is 17.7 Å².